The molecule has 9 heteroatoms. The van der Waals surface area contributed by atoms with Crippen molar-refractivity contribution in [3.63, 3.8) is 0 Å². The highest BCUT2D eigenvalue weighted by Gasteiger charge is 2.38. The molecule has 0 aliphatic carbocycles. The lowest BCUT2D eigenvalue weighted by molar-refractivity contribution is -0.171. The number of hydrogen-bond donors (Lipinski definition) is 0. The second-order valence-corrected chi connectivity index (χ2v) is 16.7. The van der Waals surface area contributed by atoms with Crippen LogP contribution in [0.1, 0.15) is 214 Å². The maximum absolute atomic E-state index is 13.6. The van der Waals surface area contributed by atoms with Crippen LogP contribution in [0.4, 0.5) is 0 Å². The first-order valence-corrected chi connectivity index (χ1v) is 22.8. The summed E-state index contributed by atoms with van der Waals surface area (Å²) in [6, 6.07) is 0. The van der Waals surface area contributed by atoms with E-state index in [1.54, 1.807) is 0 Å². The van der Waals surface area contributed by atoms with Gasteiger partial charge in [0.15, 0.2) is 0 Å². The zero-order chi connectivity index (χ0) is 41.0. The number of nitrogens with zero attached hydrogens (tertiary/aromatic N) is 1. The first-order chi connectivity index (χ1) is 26.5. The SMILES string of the molecule is CCCCCCCC(=O)OCC(COC(=O)CCCCCCC)(COC(=O)CCCCCN(C)C)COC(=O)CCC(CCCC)(CCCC)CCCCC. The minimum Gasteiger partial charge on any atom is -0.465 e. The Kier molecular flexibility index (Phi) is 33.7. The van der Waals surface area contributed by atoms with Crippen molar-refractivity contribution in [1.82, 2.24) is 4.90 Å². The monoisotopic (exact) mass is 782 g/mol. The summed E-state index contributed by atoms with van der Waals surface area (Å²) in [6.07, 6.45) is 25.8. The summed E-state index contributed by atoms with van der Waals surface area (Å²) in [7, 11) is 4.06. The minimum absolute atomic E-state index is 0.110. The Hall–Kier alpha value is -2.16. The molecule has 324 valence electrons. The fourth-order valence-corrected chi connectivity index (χ4v) is 7.06. The molecule has 0 heterocycles. The van der Waals surface area contributed by atoms with Gasteiger partial charge in [-0.15, -0.1) is 0 Å². The van der Waals surface area contributed by atoms with Gasteiger partial charge in [-0.1, -0.05) is 137 Å². The third-order valence-corrected chi connectivity index (χ3v) is 10.9. The molecule has 0 aromatic heterocycles. The number of carbonyl (C=O) groups is 4. The van der Waals surface area contributed by atoms with E-state index in [0.29, 0.717) is 6.42 Å². The van der Waals surface area contributed by atoms with E-state index >= 15 is 0 Å². The number of unbranched alkanes of at least 4 members (excludes halogenated alkanes) is 14. The van der Waals surface area contributed by atoms with Crippen LogP contribution in [-0.2, 0) is 38.1 Å². The molecule has 0 saturated heterocycles. The summed E-state index contributed by atoms with van der Waals surface area (Å²) in [4.78, 5) is 54.6. The lowest BCUT2D eigenvalue weighted by Gasteiger charge is -2.35. The van der Waals surface area contributed by atoms with Gasteiger partial charge in [0, 0.05) is 25.7 Å². The largest absolute Gasteiger partial charge is 0.465 e. The van der Waals surface area contributed by atoms with Gasteiger partial charge in [0.05, 0.1) is 0 Å². The Balaban J connectivity index is 6.05. The maximum atomic E-state index is 13.6. The summed E-state index contributed by atoms with van der Waals surface area (Å²) >= 11 is 0. The Morgan fingerprint density at radius 2 is 0.691 bits per heavy atom. The van der Waals surface area contributed by atoms with Crippen LogP contribution in [-0.4, -0.2) is 75.8 Å². The van der Waals surface area contributed by atoms with Crippen LogP contribution in [0.3, 0.4) is 0 Å². The number of hydrogen-bond acceptors (Lipinski definition) is 9. The van der Waals surface area contributed by atoms with Gasteiger partial charge in [0.1, 0.15) is 31.8 Å². The lowest BCUT2D eigenvalue weighted by atomic mass is 9.71. The first-order valence-electron chi connectivity index (χ1n) is 22.8. The van der Waals surface area contributed by atoms with E-state index in [2.05, 4.69) is 39.5 Å². The highest BCUT2D eigenvalue weighted by Crippen LogP contribution is 2.41. The highest BCUT2D eigenvalue weighted by atomic mass is 16.6. The molecule has 9 nitrogen and oxygen atoms in total. The molecule has 0 amide bonds. The first kappa shape index (κ1) is 52.8. The molecule has 0 atom stereocenters. The summed E-state index contributed by atoms with van der Waals surface area (Å²) in [5.41, 5.74) is -1.10. The molecule has 0 fully saturated rings. The van der Waals surface area contributed by atoms with Crippen molar-refractivity contribution in [1.29, 1.82) is 0 Å². The van der Waals surface area contributed by atoms with Crippen molar-refractivity contribution < 1.29 is 38.1 Å². The van der Waals surface area contributed by atoms with Gasteiger partial charge < -0.3 is 23.8 Å². The third kappa shape index (κ3) is 29.7. The van der Waals surface area contributed by atoms with Crippen molar-refractivity contribution in [2.45, 2.75) is 214 Å². The second-order valence-electron chi connectivity index (χ2n) is 16.7. The molecular formula is C46H87NO8. The zero-order valence-electron chi connectivity index (χ0n) is 37.0. The Morgan fingerprint density at radius 1 is 0.364 bits per heavy atom. The fraction of sp³-hybridized carbons (Fsp3) is 0.913. The number of ether oxygens (including phenoxy) is 4. The molecule has 0 aliphatic heterocycles. The molecule has 0 aliphatic rings. The lowest BCUT2D eigenvalue weighted by Crippen LogP contribution is -2.44. The minimum atomic E-state index is -1.21. The van der Waals surface area contributed by atoms with Gasteiger partial charge in [-0.3, -0.25) is 19.2 Å². The van der Waals surface area contributed by atoms with Crippen molar-refractivity contribution in [2.75, 3.05) is 47.1 Å². The molecular weight excluding hydrogens is 695 g/mol. The topological polar surface area (TPSA) is 108 Å². The van der Waals surface area contributed by atoms with Gasteiger partial charge >= 0.3 is 23.9 Å². The van der Waals surface area contributed by atoms with E-state index in [9.17, 15) is 19.2 Å². The van der Waals surface area contributed by atoms with Gasteiger partial charge in [-0.2, -0.15) is 0 Å². The third-order valence-electron chi connectivity index (χ3n) is 10.9. The molecule has 0 N–H and O–H groups in total. The zero-order valence-corrected chi connectivity index (χ0v) is 37.0. The molecule has 0 aromatic carbocycles. The van der Waals surface area contributed by atoms with Gasteiger partial charge in [0.2, 0.25) is 0 Å². The predicted molar refractivity (Wildman–Crippen MR) is 225 cm³/mol. The van der Waals surface area contributed by atoms with Crippen molar-refractivity contribution in [3.05, 3.63) is 0 Å². The van der Waals surface area contributed by atoms with Crippen LogP contribution in [0.2, 0.25) is 0 Å². The molecule has 0 saturated carbocycles. The average molecular weight is 782 g/mol. The normalized spacial score (nSPS) is 11.9. The fourth-order valence-electron chi connectivity index (χ4n) is 7.06. The predicted octanol–water partition coefficient (Wildman–Crippen LogP) is 11.7. The smallest absolute Gasteiger partial charge is 0.305 e. The molecule has 0 bridgehead atoms. The van der Waals surface area contributed by atoms with Crippen LogP contribution in [0, 0.1) is 10.8 Å². The van der Waals surface area contributed by atoms with Crippen LogP contribution in [0.25, 0.3) is 0 Å². The molecule has 0 rings (SSSR count). The Labute approximate surface area is 338 Å². The molecule has 0 unspecified atom stereocenters. The maximum Gasteiger partial charge on any atom is 0.305 e. The molecule has 55 heavy (non-hydrogen) atoms. The summed E-state index contributed by atoms with van der Waals surface area (Å²) in [6.45, 7) is 11.2. The number of carbonyl (C=O) groups excluding carboxylic acids is 4. The Morgan fingerprint density at radius 3 is 1.07 bits per heavy atom. The second kappa shape index (κ2) is 35.0. The van der Waals surface area contributed by atoms with E-state index in [1.807, 2.05) is 14.1 Å². The van der Waals surface area contributed by atoms with E-state index in [-0.39, 0.29) is 81.4 Å². The Bertz CT molecular complexity index is 930. The molecule has 0 spiro atoms. The number of rotatable bonds is 39. The van der Waals surface area contributed by atoms with Crippen LogP contribution in [0.5, 0.6) is 0 Å². The van der Waals surface area contributed by atoms with Crippen molar-refractivity contribution in [3.8, 4) is 0 Å². The van der Waals surface area contributed by atoms with Crippen molar-refractivity contribution >= 4 is 23.9 Å². The standard InChI is InChI=1S/C46H87NO8/c1-8-13-18-20-23-28-41(48)52-37-46(38-53-42(49)29-24-21-19-14-9-2,39-54-43(50)30-25-22-27-36-47(6)7)40-55-44(51)31-35-45(32-16-11-4,33-17-12-5)34-26-15-10-3/h8-40H2,1-7H3. The average Bonchev–Trinajstić information content (AvgIpc) is 3.17. The van der Waals surface area contributed by atoms with E-state index in [0.717, 1.165) is 148 Å². The van der Waals surface area contributed by atoms with Crippen LogP contribution in [0.15, 0.2) is 0 Å². The highest BCUT2D eigenvalue weighted by molar-refractivity contribution is 5.71. The van der Waals surface area contributed by atoms with Gasteiger partial charge in [-0.25, -0.2) is 0 Å². The number of esters is 4. The quantitative estimate of drug-likeness (QED) is 0.0342. The van der Waals surface area contributed by atoms with E-state index < -0.39 is 5.41 Å². The molecule has 0 aromatic rings. The summed E-state index contributed by atoms with van der Waals surface area (Å²) < 4.78 is 23.4. The van der Waals surface area contributed by atoms with E-state index in [1.165, 1.54) is 6.42 Å². The van der Waals surface area contributed by atoms with Gasteiger partial charge in [0.25, 0.3) is 0 Å². The van der Waals surface area contributed by atoms with Crippen LogP contribution < -0.4 is 0 Å². The van der Waals surface area contributed by atoms with E-state index in [4.69, 9.17) is 18.9 Å². The summed E-state index contributed by atoms with van der Waals surface area (Å²) in [5.74, 6) is -1.40. The molecule has 0 radical (unpaired) electrons. The summed E-state index contributed by atoms with van der Waals surface area (Å²) in [5, 5.41) is 0. The van der Waals surface area contributed by atoms with Crippen molar-refractivity contribution in [2.24, 2.45) is 10.8 Å². The van der Waals surface area contributed by atoms with Crippen LogP contribution >= 0.6 is 0 Å². The van der Waals surface area contributed by atoms with Gasteiger partial charge in [-0.05, 0) is 77.4 Å².